The molecule has 3 aromatic rings. The van der Waals surface area contributed by atoms with Crippen LogP contribution in [0.1, 0.15) is 12.5 Å². The Hall–Kier alpha value is -3.22. The van der Waals surface area contributed by atoms with Gasteiger partial charge in [-0.1, -0.05) is 23.0 Å². The average molecular weight is 476 g/mol. The Morgan fingerprint density at radius 1 is 1.21 bits per heavy atom. The second-order valence-corrected chi connectivity index (χ2v) is 9.34. The third-order valence-electron chi connectivity index (χ3n) is 5.27. The van der Waals surface area contributed by atoms with E-state index >= 15 is 0 Å². The first-order chi connectivity index (χ1) is 15.9. The van der Waals surface area contributed by atoms with E-state index < -0.39 is 16.1 Å². The lowest BCUT2D eigenvalue weighted by atomic mass is 10.2. The van der Waals surface area contributed by atoms with Crippen LogP contribution in [0, 0.1) is 0 Å². The van der Waals surface area contributed by atoms with Crippen molar-refractivity contribution in [2.75, 3.05) is 33.4 Å². The number of benzene rings is 2. The lowest BCUT2D eigenvalue weighted by Gasteiger charge is -2.26. The van der Waals surface area contributed by atoms with Crippen LogP contribution in [0.4, 0.5) is 0 Å². The molecule has 2 aromatic carbocycles. The Kier molecular flexibility index (Phi) is 6.77. The molecule has 0 saturated carbocycles. The lowest BCUT2D eigenvalue weighted by Crippen LogP contribution is -2.40. The average Bonchev–Trinajstić information content (AvgIpc) is 3.25. The summed E-state index contributed by atoms with van der Waals surface area (Å²) in [6, 6.07) is 11.8. The van der Waals surface area contributed by atoms with Gasteiger partial charge in [-0.3, -0.25) is 4.79 Å². The number of ether oxygens (including phenoxy) is 2. The number of nitrogens with zero attached hydrogens (tertiary/aromatic N) is 4. The number of para-hydroxylation sites is 1. The fourth-order valence-corrected chi connectivity index (χ4v) is 4.85. The summed E-state index contributed by atoms with van der Waals surface area (Å²) in [5.74, 6) is 0.296. The second kappa shape index (κ2) is 9.73. The van der Waals surface area contributed by atoms with Gasteiger partial charge < -0.3 is 19.6 Å². The van der Waals surface area contributed by atoms with Gasteiger partial charge in [0.15, 0.2) is 0 Å². The predicted molar refractivity (Wildman–Crippen MR) is 118 cm³/mol. The topological polar surface area (TPSA) is 125 Å². The first kappa shape index (κ1) is 23.0. The summed E-state index contributed by atoms with van der Waals surface area (Å²) in [6.07, 6.45) is -0.913. The minimum Gasteiger partial charge on any atom is -0.496 e. The molecule has 0 bridgehead atoms. The summed E-state index contributed by atoms with van der Waals surface area (Å²) in [6.45, 7) is 3.11. The van der Waals surface area contributed by atoms with E-state index in [2.05, 4.69) is 15.6 Å². The van der Waals surface area contributed by atoms with E-state index in [4.69, 9.17) is 14.3 Å². The number of nitrogens with one attached hydrogen (secondary N) is 1. The highest BCUT2D eigenvalue weighted by molar-refractivity contribution is 7.89. The Labute approximate surface area is 191 Å². The predicted octanol–water partition coefficient (Wildman–Crippen LogP) is 0.594. The first-order valence-electron chi connectivity index (χ1n) is 10.4. The Bertz CT molecular complexity index is 1240. The largest absolute Gasteiger partial charge is 0.496 e. The Balaban J connectivity index is 1.48. The van der Waals surface area contributed by atoms with Gasteiger partial charge in [0.2, 0.25) is 16.1 Å². The van der Waals surface area contributed by atoms with E-state index in [-0.39, 0.29) is 30.4 Å². The lowest BCUT2D eigenvalue weighted by molar-refractivity contribution is -0.133. The summed E-state index contributed by atoms with van der Waals surface area (Å²) >= 11 is 0. The number of aromatic nitrogens is 3. The van der Waals surface area contributed by atoms with Crippen molar-refractivity contribution in [1.29, 1.82) is 0 Å². The van der Waals surface area contributed by atoms with Crippen LogP contribution in [0.15, 0.2) is 47.4 Å². The van der Waals surface area contributed by atoms with Gasteiger partial charge in [0, 0.05) is 25.2 Å². The number of morpholine rings is 1. The van der Waals surface area contributed by atoms with Gasteiger partial charge in [-0.25, -0.2) is 8.42 Å². The molecule has 12 heteroatoms. The Morgan fingerprint density at radius 2 is 1.97 bits per heavy atom. The van der Waals surface area contributed by atoms with Crippen LogP contribution in [-0.4, -0.2) is 73.3 Å². The van der Waals surface area contributed by atoms with Crippen molar-refractivity contribution >= 4 is 27.0 Å². The van der Waals surface area contributed by atoms with Crippen LogP contribution in [0.25, 0.3) is 11.0 Å². The number of carbonyl (C=O) groups is 1. The molecular weight excluding hydrogens is 450 g/mol. The molecule has 1 aliphatic rings. The van der Waals surface area contributed by atoms with Crippen LogP contribution in [0.5, 0.6) is 5.75 Å². The van der Waals surface area contributed by atoms with Crippen LogP contribution >= 0.6 is 0 Å². The fourth-order valence-electron chi connectivity index (χ4n) is 3.43. The third kappa shape index (κ3) is 4.92. The molecule has 0 spiro atoms. The van der Waals surface area contributed by atoms with Gasteiger partial charge in [0.05, 0.1) is 25.2 Å². The molecule has 2 heterocycles. The normalized spacial score (nSPS) is 15.8. The minimum atomic E-state index is -3.70. The number of hydrogen-bond acceptors (Lipinski definition) is 8. The van der Waals surface area contributed by atoms with Gasteiger partial charge in [-0.05, 0) is 36.4 Å². The van der Waals surface area contributed by atoms with Crippen LogP contribution in [0.3, 0.4) is 0 Å². The molecule has 1 aliphatic heterocycles. The van der Waals surface area contributed by atoms with Crippen LogP contribution < -0.4 is 14.9 Å². The highest BCUT2D eigenvalue weighted by atomic mass is 32.2. The summed E-state index contributed by atoms with van der Waals surface area (Å²) in [5, 5.41) is 10.7. The summed E-state index contributed by atoms with van der Waals surface area (Å²) in [7, 11) is -2.14. The van der Waals surface area contributed by atoms with Crippen molar-refractivity contribution in [2.45, 2.75) is 24.5 Å². The molecule has 0 radical (unpaired) electrons. The van der Waals surface area contributed by atoms with E-state index in [1.54, 1.807) is 20.1 Å². The number of amides is 1. The highest BCUT2D eigenvalue weighted by Gasteiger charge is 2.27. The van der Waals surface area contributed by atoms with E-state index in [9.17, 15) is 13.2 Å². The minimum absolute atomic E-state index is 0.0947. The van der Waals surface area contributed by atoms with Gasteiger partial charge in [0.25, 0.3) is 5.91 Å². The van der Waals surface area contributed by atoms with Crippen molar-refractivity contribution < 1.29 is 27.5 Å². The maximum atomic E-state index is 13.0. The summed E-state index contributed by atoms with van der Waals surface area (Å²) in [5.41, 5.74) is 1.61. The molecule has 4 rings (SSSR count). The number of hydrogen-bond donors (Lipinski definition) is 1. The maximum Gasteiger partial charge on any atom is 0.263 e. The molecule has 1 amide bonds. The van der Waals surface area contributed by atoms with E-state index in [1.807, 2.05) is 24.3 Å². The Morgan fingerprint density at radius 3 is 2.73 bits per heavy atom. The zero-order valence-electron chi connectivity index (χ0n) is 18.3. The van der Waals surface area contributed by atoms with Gasteiger partial charge in [-0.2, -0.15) is 4.31 Å². The van der Waals surface area contributed by atoms with Crippen molar-refractivity contribution in [3.05, 3.63) is 48.0 Å². The van der Waals surface area contributed by atoms with Gasteiger partial charge >= 0.3 is 0 Å². The molecule has 176 valence electrons. The molecule has 11 nitrogen and oxygen atoms in total. The maximum absolute atomic E-state index is 13.0. The van der Waals surface area contributed by atoms with Gasteiger partial charge in [0.1, 0.15) is 16.8 Å². The standard InChI is InChI=1S/C21H25N5O6S/c1-15(21(27)22-14-16-5-3-4-6-20(16)30-2)32-26-19-13-17(7-8-18(19)23-24-26)33(28,29)25-9-11-31-12-10-25/h3-8,13,15H,9-12,14H2,1-2H3,(H,22,27). The molecule has 33 heavy (non-hydrogen) atoms. The SMILES string of the molecule is COc1ccccc1CNC(=O)C(C)On1nnc2ccc(S(=O)(=O)N3CCOCC3)cc21. The van der Waals surface area contributed by atoms with E-state index in [0.29, 0.717) is 30.0 Å². The molecule has 1 N–H and O–H groups in total. The number of sulfonamides is 1. The number of methoxy groups -OCH3 is 1. The third-order valence-corrected chi connectivity index (χ3v) is 7.16. The van der Waals surface area contributed by atoms with Crippen LogP contribution in [-0.2, 0) is 26.1 Å². The van der Waals surface area contributed by atoms with Crippen LogP contribution in [0.2, 0.25) is 0 Å². The summed E-state index contributed by atoms with van der Waals surface area (Å²) < 4.78 is 37.8. The van der Waals surface area contributed by atoms with Crippen molar-refractivity contribution in [2.24, 2.45) is 0 Å². The number of rotatable bonds is 8. The monoisotopic (exact) mass is 475 g/mol. The van der Waals surface area contributed by atoms with Crippen molar-refractivity contribution in [3.63, 3.8) is 0 Å². The molecule has 1 fully saturated rings. The van der Waals surface area contributed by atoms with Gasteiger partial charge in [-0.15, -0.1) is 5.10 Å². The summed E-state index contributed by atoms with van der Waals surface area (Å²) in [4.78, 5) is 19.4. The zero-order valence-corrected chi connectivity index (χ0v) is 19.1. The molecule has 1 unspecified atom stereocenters. The quantitative estimate of drug-likeness (QED) is 0.502. The van der Waals surface area contributed by atoms with E-state index in [0.717, 1.165) is 10.4 Å². The molecule has 1 saturated heterocycles. The zero-order chi connectivity index (χ0) is 23.4. The highest BCUT2D eigenvalue weighted by Crippen LogP contribution is 2.21. The first-order valence-corrected chi connectivity index (χ1v) is 11.8. The molecule has 0 aliphatic carbocycles. The fraction of sp³-hybridized carbons (Fsp3) is 0.381. The van der Waals surface area contributed by atoms with E-state index in [1.165, 1.54) is 16.4 Å². The molecular formula is C21H25N5O6S. The molecule has 1 aromatic heterocycles. The number of carbonyl (C=O) groups excluding carboxylic acids is 1. The second-order valence-electron chi connectivity index (χ2n) is 7.41. The number of fused-ring (bicyclic) bond motifs is 1. The van der Waals surface area contributed by atoms with Crippen molar-refractivity contribution in [3.8, 4) is 5.75 Å². The smallest absolute Gasteiger partial charge is 0.263 e. The molecule has 1 atom stereocenters. The van der Waals surface area contributed by atoms with Crippen molar-refractivity contribution in [1.82, 2.24) is 24.8 Å².